The molecule has 0 aliphatic carbocycles. The zero-order valence-corrected chi connectivity index (χ0v) is 8.61. The zero-order chi connectivity index (χ0) is 10.7. The number of anilines is 1. The number of rotatable bonds is 2. The molecule has 0 aliphatic rings. The van der Waals surface area contributed by atoms with Crippen LogP contribution in [0.2, 0.25) is 0 Å². The van der Waals surface area contributed by atoms with E-state index in [4.69, 9.17) is 0 Å². The summed E-state index contributed by atoms with van der Waals surface area (Å²) < 4.78 is 0. The van der Waals surface area contributed by atoms with Crippen molar-refractivity contribution in [2.24, 2.45) is 0 Å². The number of hydrogen-bond donors (Lipinski definition) is 1. The van der Waals surface area contributed by atoms with Gasteiger partial charge >= 0.3 is 0 Å². The highest BCUT2D eigenvalue weighted by atomic mass is 16.5. The SMILES string of the molecule is CCC(=O)N(O)c1ccc(C)nc1C. The average molecular weight is 194 g/mol. The van der Waals surface area contributed by atoms with Gasteiger partial charge < -0.3 is 0 Å². The van der Waals surface area contributed by atoms with Crippen LogP contribution in [0.4, 0.5) is 5.69 Å². The van der Waals surface area contributed by atoms with Crippen LogP contribution in [0.5, 0.6) is 0 Å². The van der Waals surface area contributed by atoms with Crippen molar-refractivity contribution < 1.29 is 10.0 Å². The highest BCUT2D eigenvalue weighted by Crippen LogP contribution is 2.17. The fourth-order valence-electron chi connectivity index (χ4n) is 1.19. The summed E-state index contributed by atoms with van der Waals surface area (Å²) in [6, 6.07) is 3.44. The van der Waals surface area contributed by atoms with Crippen LogP contribution in [-0.4, -0.2) is 16.1 Å². The molecular formula is C10H14N2O2. The summed E-state index contributed by atoms with van der Waals surface area (Å²) in [5.41, 5.74) is 1.96. The van der Waals surface area contributed by atoms with Crippen molar-refractivity contribution in [3.05, 3.63) is 23.5 Å². The molecule has 1 rings (SSSR count). The van der Waals surface area contributed by atoms with Crippen molar-refractivity contribution in [3.63, 3.8) is 0 Å². The van der Waals surface area contributed by atoms with Crippen molar-refractivity contribution in [3.8, 4) is 0 Å². The lowest BCUT2D eigenvalue weighted by atomic mass is 10.2. The molecule has 1 aromatic heterocycles. The number of nitrogens with zero attached hydrogens (tertiary/aromatic N) is 2. The Morgan fingerprint density at radius 2 is 2.14 bits per heavy atom. The van der Waals surface area contributed by atoms with Crippen LogP contribution in [0, 0.1) is 13.8 Å². The molecule has 0 unspecified atom stereocenters. The van der Waals surface area contributed by atoms with Gasteiger partial charge in [0, 0.05) is 12.1 Å². The number of carbonyl (C=O) groups is 1. The van der Waals surface area contributed by atoms with Gasteiger partial charge in [0.1, 0.15) is 0 Å². The Morgan fingerprint density at radius 3 is 2.64 bits per heavy atom. The van der Waals surface area contributed by atoms with Crippen molar-refractivity contribution in [1.29, 1.82) is 0 Å². The van der Waals surface area contributed by atoms with Gasteiger partial charge in [0.05, 0.1) is 11.4 Å². The molecule has 1 aromatic rings. The standard InChI is InChI=1S/C10H14N2O2/c1-4-10(13)12(14)9-6-5-7(2)11-8(9)3/h5-6,14H,4H2,1-3H3. The first-order valence-electron chi connectivity index (χ1n) is 4.52. The molecule has 0 atom stereocenters. The lowest BCUT2D eigenvalue weighted by Gasteiger charge is -2.15. The fourth-order valence-corrected chi connectivity index (χ4v) is 1.19. The molecular weight excluding hydrogens is 180 g/mol. The number of pyridine rings is 1. The largest absolute Gasteiger partial charge is 0.281 e. The van der Waals surface area contributed by atoms with Crippen LogP contribution < -0.4 is 5.06 Å². The maximum Gasteiger partial charge on any atom is 0.250 e. The molecule has 0 spiro atoms. The highest BCUT2D eigenvalue weighted by Gasteiger charge is 2.13. The first-order chi connectivity index (χ1) is 6.56. The summed E-state index contributed by atoms with van der Waals surface area (Å²) in [7, 11) is 0. The van der Waals surface area contributed by atoms with E-state index in [9.17, 15) is 10.0 Å². The Labute approximate surface area is 83.1 Å². The Hall–Kier alpha value is -1.42. The molecule has 0 aliphatic heterocycles. The summed E-state index contributed by atoms with van der Waals surface area (Å²) in [6.07, 6.45) is 0.268. The predicted octanol–water partition coefficient (Wildman–Crippen LogP) is 1.83. The number of aryl methyl sites for hydroxylation is 2. The van der Waals surface area contributed by atoms with E-state index >= 15 is 0 Å². The first kappa shape index (κ1) is 10.7. The van der Waals surface area contributed by atoms with Gasteiger partial charge in [0.2, 0.25) is 5.91 Å². The molecule has 4 heteroatoms. The van der Waals surface area contributed by atoms with Gasteiger partial charge in [0.25, 0.3) is 0 Å². The van der Waals surface area contributed by atoms with E-state index in [1.54, 1.807) is 26.0 Å². The smallest absolute Gasteiger partial charge is 0.250 e. The topological polar surface area (TPSA) is 53.4 Å². The summed E-state index contributed by atoms with van der Waals surface area (Å²) in [4.78, 5) is 15.4. The van der Waals surface area contributed by atoms with E-state index < -0.39 is 0 Å². The van der Waals surface area contributed by atoms with Crippen molar-refractivity contribution in [2.75, 3.05) is 5.06 Å². The molecule has 0 radical (unpaired) electrons. The molecule has 0 aromatic carbocycles. The summed E-state index contributed by atoms with van der Waals surface area (Å²) in [5, 5.41) is 10.2. The molecule has 1 N–H and O–H groups in total. The third-order valence-corrected chi connectivity index (χ3v) is 1.96. The number of amides is 1. The molecule has 0 saturated heterocycles. The van der Waals surface area contributed by atoms with Crippen LogP contribution in [0.3, 0.4) is 0 Å². The van der Waals surface area contributed by atoms with Crippen LogP contribution in [0.15, 0.2) is 12.1 Å². The van der Waals surface area contributed by atoms with E-state index in [1.807, 2.05) is 6.92 Å². The maximum absolute atomic E-state index is 11.2. The zero-order valence-electron chi connectivity index (χ0n) is 8.61. The van der Waals surface area contributed by atoms with Crippen LogP contribution in [-0.2, 0) is 4.79 Å². The molecule has 1 amide bonds. The highest BCUT2D eigenvalue weighted by molar-refractivity contribution is 5.91. The van der Waals surface area contributed by atoms with Crippen molar-refractivity contribution >= 4 is 11.6 Å². The minimum absolute atomic E-state index is 0.268. The van der Waals surface area contributed by atoms with E-state index in [-0.39, 0.29) is 12.3 Å². The molecule has 0 fully saturated rings. The van der Waals surface area contributed by atoms with Gasteiger partial charge in [-0.25, -0.2) is 0 Å². The summed E-state index contributed by atoms with van der Waals surface area (Å²) in [6.45, 7) is 5.32. The van der Waals surface area contributed by atoms with Crippen molar-refractivity contribution in [1.82, 2.24) is 4.98 Å². The minimum Gasteiger partial charge on any atom is -0.281 e. The molecule has 4 nitrogen and oxygen atoms in total. The molecule has 14 heavy (non-hydrogen) atoms. The first-order valence-corrected chi connectivity index (χ1v) is 4.52. The van der Waals surface area contributed by atoms with E-state index in [0.29, 0.717) is 16.4 Å². The third-order valence-electron chi connectivity index (χ3n) is 1.96. The number of hydroxylamine groups is 1. The third kappa shape index (κ3) is 2.09. The van der Waals surface area contributed by atoms with Gasteiger partial charge in [0.15, 0.2) is 0 Å². The van der Waals surface area contributed by atoms with Gasteiger partial charge in [-0.05, 0) is 26.0 Å². The molecule has 76 valence electrons. The molecule has 0 bridgehead atoms. The number of carbonyl (C=O) groups excluding carboxylic acids is 1. The normalized spacial score (nSPS) is 10.0. The Kier molecular flexibility index (Phi) is 3.19. The maximum atomic E-state index is 11.2. The lowest BCUT2D eigenvalue weighted by molar-refractivity contribution is -0.123. The quantitative estimate of drug-likeness (QED) is 0.577. The minimum atomic E-state index is -0.334. The lowest BCUT2D eigenvalue weighted by Crippen LogP contribution is -2.26. The fraction of sp³-hybridized carbons (Fsp3) is 0.400. The Morgan fingerprint density at radius 1 is 1.50 bits per heavy atom. The second-order valence-corrected chi connectivity index (χ2v) is 3.12. The summed E-state index contributed by atoms with van der Waals surface area (Å²) >= 11 is 0. The molecule has 1 heterocycles. The number of aromatic nitrogens is 1. The summed E-state index contributed by atoms with van der Waals surface area (Å²) in [5.74, 6) is -0.334. The van der Waals surface area contributed by atoms with E-state index in [1.165, 1.54) is 0 Å². The van der Waals surface area contributed by atoms with Crippen molar-refractivity contribution in [2.45, 2.75) is 27.2 Å². The van der Waals surface area contributed by atoms with Crippen LogP contribution in [0.1, 0.15) is 24.7 Å². The second kappa shape index (κ2) is 4.19. The predicted molar refractivity (Wildman–Crippen MR) is 53.3 cm³/mol. The van der Waals surface area contributed by atoms with Crippen LogP contribution in [0.25, 0.3) is 0 Å². The molecule has 0 saturated carbocycles. The number of hydrogen-bond acceptors (Lipinski definition) is 3. The Balaban J connectivity index is 3.01. The average Bonchev–Trinajstić information content (AvgIpc) is 2.15. The monoisotopic (exact) mass is 194 g/mol. The van der Waals surface area contributed by atoms with Gasteiger partial charge in [-0.1, -0.05) is 6.92 Å². The second-order valence-electron chi connectivity index (χ2n) is 3.12. The van der Waals surface area contributed by atoms with Gasteiger partial charge in [-0.3, -0.25) is 15.0 Å². The van der Waals surface area contributed by atoms with Gasteiger partial charge in [-0.15, -0.1) is 0 Å². The van der Waals surface area contributed by atoms with E-state index in [0.717, 1.165) is 5.69 Å². The van der Waals surface area contributed by atoms with E-state index in [2.05, 4.69) is 4.98 Å². The van der Waals surface area contributed by atoms with Gasteiger partial charge in [-0.2, -0.15) is 5.06 Å². The van der Waals surface area contributed by atoms with Crippen LogP contribution >= 0.6 is 0 Å². The Bertz CT molecular complexity index is 350.